The maximum absolute atomic E-state index is 13.7. The summed E-state index contributed by atoms with van der Waals surface area (Å²) in [5.74, 6) is -2.32. The van der Waals surface area contributed by atoms with Crippen LogP contribution in [0, 0.1) is 0 Å². The molecule has 0 spiro atoms. The minimum absolute atomic E-state index is 0.114. The predicted molar refractivity (Wildman–Crippen MR) is 86.6 cm³/mol. The molecule has 2 rings (SSSR count). The first-order valence-corrected chi connectivity index (χ1v) is 7.59. The largest absolute Gasteiger partial charge is 0.479 e. The Morgan fingerprint density at radius 2 is 1.73 bits per heavy atom. The number of alkyl halides is 3. The van der Waals surface area contributed by atoms with E-state index >= 15 is 0 Å². The molecule has 9 heteroatoms. The molecule has 5 nitrogen and oxygen atoms in total. The third-order valence-electron chi connectivity index (χ3n) is 3.51. The van der Waals surface area contributed by atoms with Crippen LogP contribution < -0.4 is 5.32 Å². The lowest BCUT2D eigenvalue weighted by atomic mass is 9.89. The molecular weight excluding hydrogens is 375 g/mol. The Hall–Kier alpha value is -2.74. The molecule has 0 aromatic heterocycles. The fourth-order valence-corrected chi connectivity index (χ4v) is 2.43. The minimum Gasteiger partial charge on any atom is -0.479 e. The number of alkyl carbamates (subject to hydrolysis) is 1. The van der Waals surface area contributed by atoms with Gasteiger partial charge in [-0.2, -0.15) is 13.2 Å². The van der Waals surface area contributed by atoms with E-state index in [4.69, 9.17) is 16.3 Å². The van der Waals surface area contributed by atoms with Gasteiger partial charge in [0.25, 0.3) is 5.54 Å². The normalized spacial score (nSPS) is 13.5. The van der Waals surface area contributed by atoms with Crippen LogP contribution in [-0.2, 0) is 21.7 Å². The van der Waals surface area contributed by atoms with E-state index in [0.717, 1.165) is 18.2 Å². The van der Waals surface area contributed by atoms with E-state index in [1.165, 1.54) is 11.4 Å². The first-order chi connectivity index (χ1) is 12.2. The van der Waals surface area contributed by atoms with Gasteiger partial charge in [-0.15, -0.1) is 0 Å². The lowest BCUT2D eigenvalue weighted by molar-refractivity contribution is -0.211. The number of amides is 1. The van der Waals surface area contributed by atoms with Gasteiger partial charge in [0.2, 0.25) is 0 Å². The van der Waals surface area contributed by atoms with Gasteiger partial charge < -0.3 is 9.84 Å². The quantitative estimate of drug-likeness (QED) is 0.809. The Bertz CT molecular complexity index is 798. The molecule has 0 radical (unpaired) electrons. The number of rotatable bonds is 5. The van der Waals surface area contributed by atoms with Crippen LogP contribution in [0.3, 0.4) is 0 Å². The standard InChI is InChI=1S/C17H13ClF3NO4/c18-13-8-4-7-12(9-13)16(14(23)24,17(19,20)21)22-15(25)26-10-11-5-2-1-3-6-11/h1-9H,10H2,(H,22,25)(H,23,24). The average molecular weight is 388 g/mol. The topological polar surface area (TPSA) is 75.6 Å². The zero-order valence-corrected chi connectivity index (χ0v) is 13.8. The summed E-state index contributed by atoms with van der Waals surface area (Å²) in [6.45, 7) is -0.324. The second-order valence-corrected chi connectivity index (χ2v) is 5.69. The lowest BCUT2D eigenvalue weighted by Gasteiger charge is -2.32. The summed E-state index contributed by atoms with van der Waals surface area (Å²) in [4.78, 5) is 23.5. The number of aliphatic carboxylic acids is 1. The van der Waals surface area contributed by atoms with Crippen LogP contribution in [0.2, 0.25) is 5.02 Å². The number of carboxylic acids is 1. The smallest absolute Gasteiger partial charge is 0.426 e. The molecule has 0 aliphatic carbocycles. The molecule has 0 fully saturated rings. The fourth-order valence-electron chi connectivity index (χ4n) is 2.24. The number of halogens is 4. The van der Waals surface area contributed by atoms with Crippen LogP contribution in [0.25, 0.3) is 0 Å². The molecule has 1 atom stereocenters. The van der Waals surface area contributed by atoms with Crippen LogP contribution >= 0.6 is 11.6 Å². The summed E-state index contributed by atoms with van der Waals surface area (Å²) in [5, 5.41) is 10.6. The van der Waals surface area contributed by atoms with E-state index in [1.807, 2.05) is 0 Å². The molecule has 2 aromatic rings. The highest BCUT2D eigenvalue weighted by Gasteiger charge is 2.63. The second kappa shape index (κ2) is 7.65. The van der Waals surface area contributed by atoms with Crippen molar-refractivity contribution >= 4 is 23.7 Å². The highest BCUT2D eigenvalue weighted by atomic mass is 35.5. The van der Waals surface area contributed by atoms with Crippen molar-refractivity contribution in [3.8, 4) is 0 Å². The number of hydrogen-bond donors (Lipinski definition) is 2. The van der Waals surface area contributed by atoms with E-state index in [9.17, 15) is 27.9 Å². The summed E-state index contributed by atoms with van der Waals surface area (Å²) in [7, 11) is 0. The molecule has 1 unspecified atom stereocenters. The van der Waals surface area contributed by atoms with E-state index in [-0.39, 0.29) is 11.6 Å². The monoisotopic (exact) mass is 387 g/mol. The van der Waals surface area contributed by atoms with Crippen molar-refractivity contribution in [2.24, 2.45) is 0 Å². The molecule has 0 bridgehead atoms. The van der Waals surface area contributed by atoms with Gasteiger partial charge in [0.05, 0.1) is 0 Å². The van der Waals surface area contributed by atoms with Crippen molar-refractivity contribution < 1.29 is 32.6 Å². The van der Waals surface area contributed by atoms with Crippen LogP contribution in [-0.4, -0.2) is 23.3 Å². The molecule has 2 N–H and O–H groups in total. The van der Waals surface area contributed by atoms with Crippen molar-refractivity contribution in [1.82, 2.24) is 5.32 Å². The van der Waals surface area contributed by atoms with Crippen LogP contribution in [0.15, 0.2) is 54.6 Å². The molecular formula is C17H13ClF3NO4. The molecule has 138 valence electrons. The number of ether oxygens (including phenoxy) is 1. The van der Waals surface area contributed by atoms with Crippen LogP contribution in [0.1, 0.15) is 11.1 Å². The van der Waals surface area contributed by atoms with Crippen molar-refractivity contribution in [1.29, 1.82) is 0 Å². The Morgan fingerprint density at radius 3 is 2.27 bits per heavy atom. The number of carbonyl (C=O) groups is 2. The fraction of sp³-hybridized carbons (Fsp3) is 0.176. The highest BCUT2D eigenvalue weighted by Crippen LogP contribution is 2.40. The second-order valence-electron chi connectivity index (χ2n) is 5.25. The zero-order chi connectivity index (χ0) is 19.4. The lowest BCUT2D eigenvalue weighted by Crippen LogP contribution is -2.61. The Kier molecular flexibility index (Phi) is 5.76. The van der Waals surface area contributed by atoms with Gasteiger partial charge in [-0.1, -0.05) is 54.1 Å². The summed E-state index contributed by atoms with van der Waals surface area (Å²) < 4.78 is 45.8. The van der Waals surface area contributed by atoms with E-state index in [2.05, 4.69) is 0 Å². The van der Waals surface area contributed by atoms with Gasteiger partial charge in [-0.25, -0.2) is 9.59 Å². The van der Waals surface area contributed by atoms with Crippen LogP contribution in [0.4, 0.5) is 18.0 Å². The summed E-state index contributed by atoms with van der Waals surface area (Å²) in [6.07, 6.45) is -6.89. The first-order valence-electron chi connectivity index (χ1n) is 7.22. The minimum atomic E-state index is -5.35. The van der Waals surface area contributed by atoms with E-state index in [0.29, 0.717) is 5.56 Å². The maximum atomic E-state index is 13.7. The molecule has 0 saturated carbocycles. The number of carboxylic acid groups (broad SMARTS) is 1. The molecule has 26 heavy (non-hydrogen) atoms. The number of hydrogen-bond acceptors (Lipinski definition) is 3. The molecule has 0 aliphatic rings. The summed E-state index contributed by atoms with van der Waals surface area (Å²) >= 11 is 5.68. The predicted octanol–water partition coefficient (Wildman–Crippen LogP) is 4.11. The zero-order valence-electron chi connectivity index (χ0n) is 13.1. The Balaban J connectivity index is 2.32. The summed E-state index contributed by atoms with van der Waals surface area (Å²) in [6, 6.07) is 12.4. The highest BCUT2D eigenvalue weighted by molar-refractivity contribution is 6.30. The van der Waals surface area contributed by atoms with Gasteiger partial charge in [-0.05, 0) is 23.3 Å². The number of benzene rings is 2. The molecule has 0 heterocycles. The third-order valence-corrected chi connectivity index (χ3v) is 3.74. The van der Waals surface area contributed by atoms with E-state index < -0.39 is 29.3 Å². The maximum Gasteiger partial charge on any atom is 0.426 e. The van der Waals surface area contributed by atoms with Gasteiger partial charge in [0, 0.05) is 5.02 Å². The van der Waals surface area contributed by atoms with Crippen molar-refractivity contribution in [2.45, 2.75) is 18.3 Å². The molecule has 1 amide bonds. The SMILES string of the molecule is O=C(NC(C(=O)O)(c1cccc(Cl)c1)C(F)(F)F)OCc1ccccc1. The van der Waals surface area contributed by atoms with Gasteiger partial charge in [0.15, 0.2) is 0 Å². The summed E-state index contributed by atoms with van der Waals surface area (Å²) in [5.41, 5.74) is -3.92. The van der Waals surface area contributed by atoms with E-state index in [1.54, 1.807) is 30.3 Å². The first kappa shape index (κ1) is 19.6. The average Bonchev–Trinajstić information content (AvgIpc) is 2.57. The molecule has 2 aromatic carbocycles. The van der Waals surface area contributed by atoms with Crippen LogP contribution in [0.5, 0.6) is 0 Å². The molecule has 0 saturated heterocycles. The van der Waals surface area contributed by atoms with Crippen molar-refractivity contribution in [3.63, 3.8) is 0 Å². The molecule has 0 aliphatic heterocycles. The number of nitrogens with one attached hydrogen (secondary N) is 1. The Morgan fingerprint density at radius 1 is 1.08 bits per heavy atom. The van der Waals surface area contributed by atoms with Gasteiger partial charge >= 0.3 is 18.2 Å². The van der Waals surface area contributed by atoms with Gasteiger partial charge in [0.1, 0.15) is 6.61 Å². The van der Waals surface area contributed by atoms with Crippen molar-refractivity contribution in [2.75, 3.05) is 0 Å². The van der Waals surface area contributed by atoms with Gasteiger partial charge in [-0.3, -0.25) is 5.32 Å². The van der Waals surface area contributed by atoms with Crippen molar-refractivity contribution in [3.05, 3.63) is 70.7 Å². The number of carbonyl (C=O) groups excluding carboxylic acids is 1. The Labute approximate surface area is 151 Å². The third kappa shape index (κ3) is 4.08.